The molecule has 2 fully saturated rings. The summed E-state index contributed by atoms with van der Waals surface area (Å²) in [6.45, 7) is 18.2. The topological polar surface area (TPSA) is 122 Å². The van der Waals surface area contributed by atoms with Crippen LogP contribution in [-0.2, 0) is 9.57 Å². The molecule has 0 spiro atoms. The number of halogens is 1. The molecule has 1 N–H and O–H groups in total. The molecule has 2 aromatic heterocycles. The van der Waals surface area contributed by atoms with Crippen LogP contribution in [-0.4, -0.2) is 103 Å². The van der Waals surface area contributed by atoms with Crippen molar-refractivity contribution < 1.29 is 23.6 Å². The van der Waals surface area contributed by atoms with E-state index in [0.29, 0.717) is 24.4 Å². The summed E-state index contributed by atoms with van der Waals surface area (Å²) >= 11 is 3.18. The number of amides is 1. The van der Waals surface area contributed by atoms with Crippen molar-refractivity contribution in [1.82, 2.24) is 19.8 Å². The number of pyridine rings is 1. The highest BCUT2D eigenvalue weighted by atomic mass is 32.2. The predicted octanol–water partition coefficient (Wildman–Crippen LogP) is 7.87. The van der Waals surface area contributed by atoms with E-state index in [9.17, 15) is 14.0 Å². The molecule has 2 aromatic rings. The average Bonchev–Trinajstić information content (AvgIpc) is 3.65. The first kappa shape index (κ1) is 41.8. The fourth-order valence-electron chi connectivity index (χ4n) is 5.11. The number of nitrogens with one attached hydrogen (secondary N) is 1. The quantitative estimate of drug-likeness (QED) is 0.0813. The van der Waals surface area contributed by atoms with Crippen LogP contribution in [0, 0.1) is 19.8 Å². The minimum atomic E-state index is -0.882. The number of carbonyl (C=O) groups is 2. The molecule has 0 radical (unpaired) electrons. The Labute approximate surface area is 299 Å². The van der Waals surface area contributed by atoms with E-state index in [-0.39, 0.29) is 6.54 Å². The maximum absolute atomic E-state index is 12.7. The molecular weight excluding hydrogens is 666 g/mol. The molecule has 0 saturated carbocycles. The van der Waals surface area contributed by atoms with Crippen LogP contribution in [0.25, 0.3) is 5.70 Å². The van der Waals surface area contributed by atoms with Gasteiger partial charge in [0.2, 0.25) is 0 Å². The molecule has 0 unspecified atom stereocenters. The van der Waals surface area contributed by atoms with Crippen LogP contribution >= 0.6 is 23.1 Å². The zero-order chi connectivity index (χ0) is 36.4. The number of hydrogen-bond acceptors (Lipinski definition) is 12. The van der Waals surface area contributed by atoms with Crippen LogP contribution in [0.2, 0.25) is 0 Å². The largest absolute Gasteiger partial charge is 0.444 e. The minimum Gasteiger partial charge on any atom is -0.444 e. The van der Waals surface area contributed by atoms with Gasteiger partial charge in [-0.25, -0.2) is 19.2 Å². The molecule has 11 nitrogen and oxygen atoms in total. The van der Waals surface area contributed by atoms with Crippen molar-refractivity contribution in [1.29, 1.82) is 0 Å². The molecular formula is C35H54FN7O4S2. The van der Waals surface area contributed by atoms with Gasteiger partial charge >= 0.3 is 6.09 Å². The average molecular weight is 720 g/mol. The number of aliphatic imine (C=N–C) groups is 1. The molecule has 2 aliphatic rings. The molecule has 272 valence electrons. The summed E-state index contributed by atoms with van der Waals surface area (Å²) < 4.78 is 17.8. The van der Waals surface area contributed by atoms with Crippen LogP contribution in [0.1, 0.15) is 85.7 Å². The lowest BCUT2D eigenvalue weighted by Crippen LogP contribution is -2.35. The first-order chi connectivity index (χ1) is 23.3. The van der Waals surface area contributed by atoms with E-state index >= 15 is 0 Å². The number of likely N-dealkylation sites (tertiary alicyclic amines) is 2. The number of rotatable bonds is 11. The first-order valence-corrected chi connectivity index (χ1v) is 18.4. The van der Waals surface area contributed by atoms with E-state index < -0.39 is 17.9 Å². The lowest BCUT2D eigenvalue weighted by Gasteiger charge is -2.29. The summed E-state index contributed by atoms with van der Waals surface area (Å²) in [5.41, 5.74) is 3.07. The number of nitrogens with zero attached hydrogens (tertiary/aromatic N) is 6. The maximum Gasteiger partial charge on any atom is 0.410 e. The van der Waals surface area contributed by atoms with E-state index in [4.69, 9.17) is 9.57 Å². The van der Waals surface area contributed by atoms with Gasteiger partial charge in [-0.15, -0.1) is 23.1 Å². The van der Waals surface area contributed by atoms with Gasteiger partial charge in [-0.05, 0) is 110 Å². The molecule has 0 bridgehead atoms. The highest BCUT2D eigenvalue weighted by molar-refractivity contribution is 8.02. The van der Waals surface area contributed by atoms with Crippen molar-refractivity contribution in [2.24, 2.45) is 16.1 Å². The number of thiazole rings is 1. The number of hydrogen-bond donors (Lipinski definition) is 1. The third kappa shape index (κ3) is 16.3. The van der Waals surface area contributed by atoms with Crippen LogP contribution < -0.4 is 5.32 Å². The Morgan fingerprint density at radius 2 is 2.00 bits per heavy atom. The number of ether oxygens (including phenoxy) is 1. The lowest BCUT2D eigenvalue weighted by molar-refractivity contribution is 0.0284. The van der Waals surface area contributed by atoms with Gasteiger partial charge in [0.25, 0.3) is 0 Å². The zero-order valence-electron chi connectivity index (χ0n) is 30.3. The van der Waals surface area contributed by atoms with Crippen molar-refractivity contribution in [2.45, 2.75) is 85.4 Å². The second-order valence-electron chi connectivity index (χ2n) is 12.9. The third-order valence-corrected chi connectivity index (χ3v) is 9.21. The molecule has 0 aromatic carbocycles. The van der Waals surface area contributed by atoms with E-state index in [1.807, 2.05) is 19.3 Å². The summed E-state index contributed by atoms with van der Waals surface area (Å²) in [7, 11) is 3.83. The van der Waals surface area contributed by atoms with Crippen molar-refractivity contribution in [2.75, 3.05) is 51.5 Å². The van der Waals surface area contributed by atoms with Crippen molar-refractivity contribution in [3.8, 4) is 0 Å². The fourth-order valence-corrected chi connectivity index (χ4v) is 6.74. The summed E-state index contributed by atoms with van der Waals surface area (Å²) in [4.78, 5) is 44.2. The molecule has 2 saturated heterocycles. The highest BCUT2D eigenvalue weighted by Gasteiger charge is 2.29. The molecule has 4 rings (SSSR count). The monoisotopic (exact) mass is 719 g/mol. The SMILES string of the molecule is C=N/C(=C\SCNc1ccc(C=O)cn1)c1sc(C)nc1C.CC(C)(C)OC(=O)N1CC[C@H](F)C1.CC/C(C[C@@H]1CCCN(C)C1)=N/OC. The number of thioether (sulfide) groups is 1. The number of piperidine rings is 1. The number of anilines is 1. The van der Waals surface area contributed by atoms with Crippen molar-refractivity contribution >= 4 is 59.4 Å². The third-order valence-electron chi connectivity index (χ3n) is 7.42. The van der Waals surface area contributed by atoms with Gasteiger partial charge in [-0.3, -0.25) is 9.79 Å². The molecule has 1 amide bonds. The van der Waals surface area contributed by atoms with Gasteiger partial charge in [-0.1, -0.05) is 12.1 Å². The second kappa shape index (κ2) is 21.7. The zero-order valence-corrected chi connectivity index (χ0v) is 32.0. The standard InChI is InChI=1S/C15H16N4OS2.C11H22N2O.C9H16FNO2/c1-10-15(22-11(2)19-10)13(16-3)8-21-9-18-14-5-4-12(7-20)6-17-14;1-4-11(12-14-3)8-10-6-5-7-13(2)9-10;1-9(2,3)13-8(12)11-5-4-7(10)6-11/h4-8H,3,9H2,1-2H3,(H,17,18);10H,4-9H2,1-3H3;7H,4-6H2,1-3H3/b13-8-;12-11-;/t;10-;7-/m.00/s1. The maximum atomic E-state index is 12.7. The first-order valence-electron chi connectivity index (χ1n) is 16.6. The Balaban J connectivity index is 0.000000269. The van der Waals surface area contributed by atoms with Crippen molar-refractivity contribution in [3.05, 3.63) is 44.9 Å². The van der Waals surface area contributed by atoms with Gasteiger partial charge in [-0.2, -0.15) is 0 Å². The van der Waals surface area contributed by atoms with Gasteiger partial charge in [0.1, 0.15) is 24.7 Å². The van der Waals surface area contributed by atoms with E-state index in [1.54, 1.807) is 63.1 Å². The fraction of sp³-hybridized carbons (Fsp3) is 0.600. The number of alkyl halides is 1. The molecule has 49 heavy (non-hydrogen) atoms. The summed E-state index contributed by atoms with van der Waals surface area (Å²) in [6.07, 6.45) is 6.23. The summed E-state index contributed by atoms with van der Waals surface area (Å²) in [6, 6.07) is 3.50. The van der Waals surface area contributed by atoms with Crippen LogP contribution in [0.5, 0.6) is 0 Å². The lowest BCUT2D eigenvalue weighted by atomic mass is 9.92. The molecule has 2 atom stereocenters. The Hall–Kier alpha value is -3.36. The van der Waals surface area contributed by atoms with Gasteiger partial charge in [0.15, 0.2) is 6.29 Å². The molecule has 4 heterocycles. The number of carbonyl (C=O) groups excluding carboxylic acids is 2. The smallest absolute Gasteiger partial charge is 0.410 e. The van der Waals surface area contributed by atoms with Crippen molar-refractivity contribution in [3.63, 3.8) is 0 Å². The minimum absolute atomic E-state index is 0.176. The van der Waals surface area contributed by atoms with Crippen LogP contribution in [0.3, 0.4) is 0 Å². The second-order valence-corrected chi connectivity index (χ2v) is 14.9. The van der Waals surface area contributed by atoms with Gasteiger partial charge in [0, 0.05) is 24.8 Å². The Bertz CT molecular complexity index is 1380. The molecule has 0 aliphatic carbocycles. The highest BCUT2D eigenvalue weighted by Crippen LogP contribution is 2.28. The van der Waals surface area contributed by atoms with Gasteiger partial charge < -0.3 is 24.7 Å². The summed E-state index contributed by atoms with van der Waals surface area (Å²) in [5.74, 6) is 2.15. The summed E-state index contributed by atoms with van der Waals surface area (Å²) in [5, 5.41) is 10.2. The predicted molar refractivity (Wildman–Crippen MR) is 202 cm³/mol. The Morgan fingerprint density at radius 3 is 2.51 bits per heavy atom. The van der Waals surface area contributed by atoms with E-state index in [1.165, 1.54) is 42.7 Å². The number of aromatic nitrogens is 2. The number of aryl methyl sites for hydroxylation is 2. The number of oxime groups is 1. The van der Waals surface area contributed by atoms with Crippen LogP contribution in [0.4, 0.5) is 15.0 Å². The molecule has 14 heteroatoms. The Kier molecular flexibility index (Phi) is 18.5. The molecule has 2 aliphatic heterocycles. The van der Waals surface area contributed by atoms with Gasteiger partial charge in [0.05, 0.1) is 39.4 Å². The Morgan fingerprint density at radius 1 is 1.24 bits per heavy atom. The van der Waals surface area contributed by atoms with E-state index in [2.05, 4.69) is 51.0 Å². The van der Waals surface area contributed by atoms with Crippen LogP contribution in [0.15, 0.2) is 33.9 Å². The normalized spacial score (nSPS) is 18.4. The number of aldehydes is 1. The van der Waals surface area contributed by atoms with E-state index in [0.717, 1.165) is 52.1 Å².